The fourth-order valence-electron chi connectivity index (χ4n) is 1.53. The maximum absolute atomic E-state index is 11.9. The van der Waals surface area contributed by atoms with Crippen molar-refractivity contribution in [2.75, 3.05) is 0 Å². The molecule has 1 aromatic rings. The lowest BCUT2D eigenvalue weighted by atomic mass is 9.93. The van der Waals surface area contributed by atoms with Gasteiger partial charge in [0.15, 0.2) is 0 Å². The Kier molecular flexibility index (Phi) is 4.22. The molecule has 0 spiro atoms. The molecule has 1 rings (SSSR count). The second-order valence-electron chi connectivity index (χ2n) is 3.80. The van der Waals surface area contributed by atoms with E-state index in [1.54, 1.807) is 26.2 Å². The smallest absolute Gasteiger partial charge is 0.329 e. The maximum Gasteiger partial charge on any atom is 0.329 e. The van der Waals surface area contributed by atoms with Gasteiger partial charge in [0, 0.05) is 5.38 Å². The summed E-state index contributed by atoms with van der Waals surface area (Å²) in [6, 6.07) is 0. The standard InChI is InChI=1S/C11H16N2O3S/c1-4-11(5-2,10(15)16)13-9(14)8-6-17-7(3)12-8/h6H,4-5H2,1-3H3,(H,13,14)(H,15,16). The van der Waals surface area contributed by atoms with E-state index in [1.807, 2.05) is 0 Å². The predicted molar refractivity (Wildman–Crippen MR) is 65.3 cm³/mol. The lowest BCUT2D eigenvalue weighted by Crippen LogP contribution is -2.53. The molecule has 0 unspecified atom stereocenters. The van der Waals surface area contributed by atoms with Crippen molar-refractivity contribution in [1.29, 1.82) is 0 Å². The van der Waals surface area contributed by atoms with Crippen molar-refractivity contribution in [3.63, 3.8) is 0 Å². The third-order valence-electron chi connectivity index (χ3n) is 2.82. The quantitative estimate of drug-likeness (QED) is 0.842. The molecule has 0 aliphatic carbocycles. The Balaban J connectivity index is 2.88. The number of carbonyl (C=O) groups excluding carboxylic acids is 1. The van der Waals surface area contributed by atoms with Crippen LogP contribution in [0.1, 0.15) is 42.2 Å². The zero-order chi connectivity index (χ0) is 13.1. The number of aryl methyl sites for hydroxylation is 1. The van der Waals surface area contributed by atoms with Gasteiger partial charge in [0.25, 0.3) is 5.91 Å². The number of amides is 1. The van der Waals surface area contributed by atoms with E-state index in [4.69, 9.17) is 0 Å². The van der Waals surface area contributed by atoms with E-state index >= 15 is 0 Å². The molecule has 2 N–H and O–H groups in total. The van der Waals surface area contributed by atoms with E-state index in [2.05, 4.69) is 10.3 Å². The number of rotatable bonds is 5. The number of nitrogens with zero attached hydrogens (tertiary/aromatic N) is 1. The number of carbonyl (C=O) groups is 2. The summed E-state index contributed by atoms with van der Waals surface area (Å²) in [6.07, 6.45) is 0.682. The molecule has 1 heterocycles. The number of nitrogens with one attached hydrogen (secondary N) is 1. The Labute approximate surface area is 104 Å². The summed E-state index contributed by atoms with van der Waals surface area (Å²) in [5.41, 5.74) is -0.922. The van der Waals surface area contributed by atoms with Crippen LogP contribution >= 0.6 is 11.3 Å². The van der Waals surface area contributed by atoms with Crippen molar-refractivity contribution < 1.29 is 14.7 Å². The van der Waals surface area contributed by atoms with E-state index in [9.17, 15) is 14.7 Å². The van der Waals surface area contributed by atoms with Gasteiger partial charge in [0.1, 0.15) is 11.2 Å². The van der Waals surface area contributed by atoms with Gasteiger partial charge in [-0.05, 0) is 19.8 Å². The maximum atomic E-state index is 11.9. The van der Waals surface area contributed by atoms with Crippen molar-refractivity contribution in [3.05, 3.63) is 16.1 Å². The van der Waals surface area contributed by atoms with Crippen LogP contribution < -0.4 is 5.32 Å². The zero-order valence-electron chi connectivity index (χ0n) is 10.1. The number of hydrogen-bond donors (Lipinski definition) is 2. The highest BCUT2D eigenvalue weighted by Crippen LogP contribution is 2.17. The molecule has 94 valence electrons. The molecule has 6 heteroatoms. The third-order valence-corrected chi connectivity index (χ3v) is 3.59. The number of carboxylic acid groups (broad SMARTS) is 1. The summed E-state index contributed by atoms with van der Waals surface area (Å²) in [5, 5.41) is 14.2. The molecule has 5 nitrogen and oxygen atoms in total. The highest BCUT2D eigenvalue weighted by atomic mass is 32.1. The minimum Gasteiger partial charge on any atom is -0.480 e. The lowest BCUT2D eigenvalue weighted by molar-refractivity contribution is -0.144. The van der Waals surface area contributed by atoms with Gasteiger partial charge in [-0.1, -0.05) is 13.8 Å². The summed E-state index contributed by atoms with van der Waals surface area (Å²) in [6.45, 7) is 5.28. The molecule has 0 radical (unpaired) electrons. The first-order chi connectivity index (χ1) is 7.95. The van der Waals surface area contributed by atoms with E-state index in [0.29, 0.717) is 12.8 Å². The van der Waals surface area contributed by atoms with Crippen LogP contribution in [-0.4, -0.2) is 27.5 Å². The van der Waals surface area contributed by atoms with Gasteiger partial charge in [-0.15, -0.1) is 11.3 Å². The van der Waals surface area contributed by atoms with Crippen LogP contribution in [0.4, 0.5) is 0 Å². The number of hydrogen-bond acceptors (Lipinski definition) is 4. The molecule has 0 saturated heterocycles. The Morgan fingerprint density at radius 2 is 2.06 bits per heavy atom. The van der Waals surface area contributed by atoms with Gasteiger partial charge in [-0.3, -0.25) is 4.79 Å². The van der Waals surface area contributed by atoms with Crippen LogP contribution in [0, 0.1) is 6.92 Å². The van der Waals surface area contributed by atoms with Gasteiger partial charge < -0.3 is 10.4 Å². The summed E-state index contributed by atoms with van der Waals surface area (Å²) >= 11 is 1.36. The molecule has 0 aromatic carbocycles. The average Bonchev–Trinajstić information content (AvgIpc) is 2.72. The van der Waals surface area contributed by atoms with Gasteiger partial charge in [0.2, 0.25) is 0 Å². The lowest BCUT2D eigenvalue weighted by Gasteiger charge is -2.27. The molecule has 0 aliphatic rings. The summed E-state index contributed by atoms with van der Waals surface area (Å²) < 4.78 is 0. The largest absolute Gasteiger partial charge is 0.480 e. The first kappa shape index (κ1) is 13.6. The first-order valence-electron chi connectivity index (χ1n) is 5.43. The highest BCUT2D eigenvalue weighted by Gasteiger charge is 2.36. The van der Waals surface area contributed by atoms with E-state index in [-0.39, 0.29) is 5.69 Å². The van der Waals surface area contributed by atoms with Crippen molar-refractivity contribution in [2.24, 2.45) is 0 Å². The van der Waals surface area contributed by atoms with Crippen molar-refractivity contribution >= 4 is 23.2 Å². The molecule has 0 bridgehead atoms. The van der Waals surface area contributed by atoms with Crippen LogP contribution in [0.5, 0.6) is 0 Å². The molecule has 17 heavy (non-hydrogen) atoms. The number of carboxylic acids is 1. The van der Waals surface area contributed by atoms with E-state index in [0.717, 1.165) is 5.01 Å². The minimum atomic E-state index is -1.20. The molecular weight excluding hydrogens is 240 g/mol. The normalized spacial score (nSPS) is 11.2. The molecule has 1 aromatic heterocycles. The van der Waals surface area contributed by atoms with Crippen molar-refractivity contribution in [1.82, 2.24) is 10.3 Å². The summed E-state index contributed by atoms with van der Waals surface area (Å²) in [4.78, 5) is 27.1. The summed E-state index contributed by atoms with van der Waals surface area (Å²) in [7, 11) is 0. The van der Waals surface area contributed by atoms with Gasteiger partial charge in [0.05, 0.1) is 5.01 Å². The SMILES string of the molecule is CCC(CC)(NC(=O)c1csc(C)n1)C(=O)O. The van der Waals surface area contributed by atoms with Crippen LogP contribution in [0.3, 0.4) is 0 Å². The Morgan fingerprint density at radius 3 is 2.41 bits per heavy atom. The Morgan fingerprint density at radius 1 is 1.47 bits per heavy atom. The van der Waals surface area contributed by atoms with E-state index < -0.39 is 17.4 Å². The third kappa shape index (κ3) is 2.82. The molecule has 0 aliphatic heterocycles. The molecule has 1 amide bonds. The molecule has 0 saturated carbocycles. The van der Waals surface area contributed by atoms with Gasteiger partial charge in [-0.25, -0.2) is 9.78 Å². The predicted octanol–water partition coefficient (Wildman–Crippen LogP) is 1.82. The van der Waals surface area contributed by atoms with Gasteiger partial charge >= 0.3 is 5.97 Å². The van der Waals surface area contributed by atoms with Crippen LogP contribution in [0.15, 0.2) is 5.38 Å². The van der Waals surface area contributed by atoms with Crippen molar-refractivity contribution in [2.45, 2.75) is 39.2 Å². The fraction of sp³-hybridized carbons (Fsp3) is 0.545. The Bertz CT molecular complexity index is 424. The number of aliphatic carboxylic acids is 1. The van der Waals surface area contributed by atoms with Crippen molar-refractivity contribution in [3.8, 4) is 0 Å². The average molecular weight is 256 g/mol. The fourth-order valence-corrected chi connectivity index (χ4v) is 2.12. The highest BCUT2D eigenvalue weighted by molar-refractivity contribution is 7.09. The topological polar surface area (TPSA) is 79.3 Å². The first-order valence-corrected chi connectivity index (χ1v) is 6.31. The van der Waals surface area contributed by atoms with Crippen LogP contribution in [0.25, 0.3) is 0 Å². The second kappa shape index (κ2) is 5.27. The zero-order valence-corrected chi connectivity index (χ0v) is 10.9. The van der Waals surface area contributed by atoms with Crippen LogP contribution in [0.2, 0.25) is 0 Å². The number of aromatic nitrogens is 1. The summed E-state index contributed by atoms with van der Waals surface area (Å²) in [5.74, 6) is -1.44. The van der Waals surface area contributed by atoms with Crippen LogP contribution in [-0.2, 0) is 4.79 Å². The van der Waals surface area contributed by atoms with E-state index in [1.165, 1.54) is 11.3 Å². The monoisotopic (exact) mass is 256 g/mol. The molecule has 0 fully saturated rings. The minimum absolute atomic E-state index is 0.278. The molecular formula is C11H16N2O3S. The molecule has 0 atom stereocenters. The second-order valence-corrected chi connectivity index (χ2v) is 4.86. The van der Waals surface area contributed by atoms with Gasteiger partial charge in [-0.2, -0.15) is 0 Å². The number of thiazole rings is 1. The Hall–Kier alpha value is -1.43.